The summed E-state index contributed by atoms with van der Waals surface area (Å²) in [6.07, 6.45) is 0. The topological polar surface area (TPSA) is 158 Å². The molecule has 1 N–H and O–H groups in total. The molecule has 2 saturated heterocycles. The van der Waals surface area contributed by atoms with Crippen molar-refractivity contribution in [1.29, 1.82) is 0 Å². The van der Waals surface area contributed by atoms with Gasteiger partial charge in [0, 0.05) is 37.3 Å². The van der Waals surface area contributed by atoms with Crippen LogP contribution in [0.2, 0.25) is 5.02 Å². The molecule has 0 aromatic heterocycles. The van der Waals surface area contributed by atoms with Crippen molar-refractivity contribution in [2.45, 2.75) is 4.90 Å². The van der Waals surface area contributed by atoms with E-state index in [1.807, 2.05) is 4.90 Å². The van der Waals surface area contributed by atoms with Gasteiger partial charge in [-0.3, -0.25) is 14.9 Å². The molecule has 0 spiro atoms. The number of carbonyl (C=O) groups is 2. The molecular formula is C23H25ClN4O9S. The molecule has 0 unspecified atom stereocenters. The Bertz CT molecular complexity index is 1330. The lowest BCUT2D eigenvalue weighted by Gasteiger charge is -2.31. The van der Waals surface area contributed by atoms with E-state index in [4.69, 9.17) is 25.8 Å². The van der Waals surface area contributed by atoms with Crippen molar-refractivity contribution >= 4 is 50.6 Å². The number of sulfonamides is 1. The summed E-state index contributed by atoms with van der Waals surface area (Å²) in [4.78, 5) is 37.6. The minimum atomic E-state index is -3.85. The number of benzene rings is 2. The number of morpholine rings is 2. The molecule has 204 valence electrons. The first-order valence-corrected chi connectivity index (χ1v) is 13.4. The maximum atomic E-state index is 13.2. The maximum Gasteiger partial charge on any atom is 0.345 e. The van der Waals surface area contributed by atoms with Crippen LogP contribution in [0.1, 0.15) is 10.4 Å². The minimum absolute atomic E-state index is 0.0155. The van der Waals surface area contributed by atoms with Crippen molar-refractivity contribution in [2.24, 2.45) is 0 Å². The van der Waals surface area contributed by atoms with Crippen molar-refractivity contribution in [3.05, 3.63) is 57.1 Å². The van der Waals surface area contributed by atoms with Crippen molar-refractivity contribution in [3.8, 4) is 0 Å². The van der Waals surface area contributed by atoms with Crippen LogP contribution >= 0.6 is 11.6 Å². The molecule has 13 nitrogen and oxygen atoms in total. The standard InChI is InChI=1S/C23H25ClN4O9S/c24-16-1-3-20(28(31)32)18(13-16)23(30)37-15-22(29)25-19-14-17(38(33,34)27-7-11-36-12-8-27)2-4-21(19)26-5-9-35-10-6-26/h1-4,13-14H,5-12,15H2,(H,25,29). The van der Waals surface area contributed by atoms with Gasteiger partial charge in [0.2, 0.25) is 10.0 Å². The van der Waals surface area contributed by atoms with Gasteiger partial charge in [0.25, 0.3) is 11.6 Å². The highest BCUT2D eigenvalue weighted by molar-refractivity contribution is 7.89. The molecular weight excluding hydrogens is 544 g/mol. The Morgan fingerprint density at radius 3 is 2.34 bits per heavy atom. The fourth-order valence-corrected chi connectivity index (χ4v) is 5.62. The van der Waals surface area contributed by atoms with E-state index in [1.165, 1.54) is 22.5 Å². The number of carbonyl (C=O) groups excluding carboxylic acids is 2. The number of rotatable bonds is 8. The van der Waals surface area contributed by atoms with Crippen LogP contribution in [0.4, 0.5) is 17.1 Å². The van der Waals surface area contributed by atoms with Crippen LogP contribution in [0.25, 0.3) is 0 Å². The summed E-state index contributed by atoms with van der Waals surface area (Å²) in [5, 5.41) is 13.9. The number of hydrogen-bond donors (Lipinski definition) is 1. The number of nitrogens with one attached hydrogen (secondary N) is 1. The number of amides is 1. The largest absolute Gasteiger partial charge is 0.452 e. The van der Waals surface area contributed by atoms with Crippen LogP contribution < -0.4 is 10.2 Å². The average Bonchev–Trinajstić information content (AvgIpc) is 2.92. The van der Waals surface area contributed by atoms with Crippen molar-refractivity contribution in [1.82, 2.24) is 4.31 Å². The molecule has 0 aliphatic carbocycles. The number of nitrogens with zero attached hydrogens (tertiary/aromatic N) is 3. The lowest BCUT2D eigenvalue weighted by molar-refractivity contribution is -0.385. The molecule has 2 aliphatic rings. The second-order valence-corrected chi connectivity index (χ2v) is 10.7. The molecule has 2 heterocycles. The monoisotopic (exact) mass is 568 g/mol. The third kappa shape index (κ3) is 6.39. The zero-order valence-electron chi connectivity index (χ0n) is 20.1. The highest BCUT2D eigenvalue weighted by atomic mass is 35.5. The Balaban J connectivity index is 1.54. The van der Waals surface area contributed by atoms with E-state index in [-0.39, 0.29) is 41.9 Å². The fraction of sp³-hybridized carbons (Fsp3) is 0.391. The molecule has 0 radical (unpaired) electrons. The van der Waals surface area contributed by atoms with Crippen molar-refractivity contribution < 1.29 is 37.1 Å². The van der Waals surface area contributed by atoms with E-state index in [1.54, 1.807) is 6.07 Å². The number of esters is 1. The molecule has 2 aliphatic heterocycles. The van der Waals surface area contributed by atoms with E-state index >= 15 is 0 Å². The van der Waals surface area contributed by atoms with E-state index in [0.717, 1.165) is 12.1 Å². The van der Waals surface area contributed by atoms with Gasteiger partial charge in [-0.05, 0) is 30.3 Å². The lowest BCUT2D eigenvalue weighted by Crippen LogP contribution is -2.40. The molecule has 15 heteroatoms. The Kier molecular flexibility index (Phi) is 8.79. The number of nitro groups is 1. The summed E-state index contributed by atoms with van der Waals surface area (Å²) in [6.45, 7) is 2.16. The SMILES string of the molecule is O=C(COC(=O)c1cc(Cl)ccc1[N+](=O)[O-])Nc1cc(S(=O)(=O)N2CCOCC2)ccc1N1CCOCC1. The molecule has 2 aromatic carbocycles. The van der Waals surface area contributed by atoms with Gasteiger partial charge in [-0.1, -0.05) is 11.6 Å². The molecule has 2 fully saturated rings. The van der Waals surface area contributed by atoms with Gasteiger partial charge in [-0.25, -0.2) is 13.2 Å². The summed E-state index contributed by atoms with van der Waals surface area (Å²) in [7, 11) is -3.85. The van der Waals surface area contributed by atoms with Gasteiger partial charge in [-0.15, -0.1) is 0 Å². The highest BCUT2D eigenvalue weighted by Crippen LogP contribution is 2.31. The number of halogens is 1. The molecule has 0 saturated carbocycles. The van der Waals surface area contributed by atoms with Crippen LogP contribution in [-0.4, -0.2) is 88.7 Å². The molecule has 0 bridgehead atoms. The third-order valence-corrected chi connectivity index (χ3v) is 8.04. The van der Waals surface area contributed by atoms with Gasteiger partial charge in [0.1, 0.15) is 5.56 Å². The summed E-state index contributed by atoms with van der Waals surface area (Å²) in [6, 6.07) is 7.84. The average molecular weight is 569 g/mol. The van der Waals surface area contributed by atoms with E-state index < -0.39 is 44.7 Å². The van der Waals surface area contributed by atoms with E-state index in [0.29, 0.717) is 32.0 Å². The quantitative estimate of drug-likeness (QED) is 0.283. The number of ether oxygens (including phenoxy) is 3. The van der Waals surface area contributed by atoms with Crippen LogP contribution in [0.15, 0.2) is 41.3 Å². The summed E-state index contributed by atoms with van der Waals surface area (Å²) in [5.41, 5.74) is -0.145. The van der Waals surface area contributed by atoms with Crippen molar-refractivity contribution in [3.63, 3.8) is 0 Å². The first kappa shape index (κ1) is 27.7. The molecule has 0 atom stereocenters. The predicted octanol–water partition coefficient (Wildman–Crippen LogP) is 1.90. The zero-order valence-corrected chi connectivity index (χ0v) is 21.7. The first-order valence-electron chi connectivity index (χ1n) is 11.6. The van der Waals surface area contributed by atoms with Gasteiger partial charge in [0.05, 0.1) is 47.6 Å². The number of nitro benzene ring substituents is 1. The fourth-order valence-electron chi connectivity index (χ4n) is 4.02. The Labute approximate surface area is 223 Å². The zero-order chi connectivity index (χ0) is 27.3. The normalized spacial score (nSPS) is 16.6. The smallest absolute Gasteiger partial charge is 0.345 e. The number of hydrogen-bond acceptors (Lipinski definition) is 10. The highest BCUT2D eigenvalue weighted by Gasteiger charge is 2.28. The summed E-state index contributed by atoms with van der Waals surface area (Å²) < 4.78 is 43.3. The lowest BCUT2D eigenvalue weighted by atomic mass is 10.2. The third-order valence-electron chi connectivity index (χ3n) is 5.91. The van der Waals surface area contributed by atoms with Crippen molar-refractivity contribution in [2.75, 3.05) is 69.4 Å². The Morgan fingerprint density at radius 1 is 1.03 bits per heavy atom. The maximum absolute atomic E-state index is 13.2. The van der Waals surface area contributed by atoms with Crippen LogP contribution in [0.5, 0.6) is 0 Å². The minimum Gasteiger partial charge on any atom is -0.452 e. The van der Waals surface area contributed by atoms with Crippen LogP contribution in [0.3, 0.4) is 0 Å². The second kappa shape index (κ2) is 12.0. The Morgan fingerprint density at radius 2 is 1.68 bits per heavy atom. The Hall–Kier alpha value is -3.30. The van der Waals surface area contributed by atoms with Crippen LogP contribution in [-0.2, 0) is 29.0 Å². The van der Waals surface area contributed by atoms with Gasteiger partial charge < -0.3 is 24.4 Å². The predicted molar refractivity (Wildman–Crippen MR) is 136 cm³/mol. The first-order chi connectivity index (χ1) is 18.2. The molecule has 2 aromatic rings. The van der Waals surface area contributed by atoms with Gasteiger partial charge >= 0.3 is 5.97 Å². The molecule has 38 heavy (non-hydrogen) atoms. The van der Waals surface area contributed by atoms with Crippen LogP contribution in [0, 0.1) is 10.1 Å². The van der Waals surface area contributed by atoms with E-state index in [9.17, 15) is 28.1 Å². The molecule has 4 rings (SSSR count). The number of anilines is 2. The summed E-state index contributed by atoms with van der Waals surface area (Å²) in [5.74, 6) is -1.87. The van der Waals surface area contributed by atoms with Gasteiger partial charge in [-0.2, -0.15) is 4.31 Å². The van der Waals surface area contributed by atoms with E-state index in [2.05, 4.69) is 5.32 Å². The molecule has 1 amide bonds. The second-order valence-electron chi connectivity index (χ2n) is 8.34. The summed E-state index contributed by atoms with van der Waals surface area (Å²) >= 11 is 5.85. The van der Waals surface area contributed by atoms with Gasteiger partial charge in [0.15, 0.2) is 6.61 Å².